The Balaban J connectivity index is 0.00000127. The highest BCUT2D eigenvalue weighted by Crippen LogP contribution is 2.47. The molecule has 0 fully saturated rings. The van der Waals surface area contributed by atoms with Gasteiger partial charge in [-0.1, -0.05) is 68.8 Å². The molecular weight excluding hydrogens is 771 g/mol. The number of aryl methyl sites for hydroxylation is 6. The van der Waals surface area contributed by atoms with Gasteiger partial charge in [0, 0.05) is 81.9 Å². The summed E-state index contributed by atoms with van der Waals surface area (Å²) in [5, 5.41) is 12.1. The van der Waals surface area contributed by atoms with E-state index in [0.29, 0.717) is 6.61 Å². The zero-order valence-corrected chi connectivity index (χ0v) is 38.2. The average molecular weight is 832 g/mol. The Morgan fingerprint density at radius 2 is 1.66 bits per heavy atom. The molecular formula is C50H60Cl2N6O. The van der Waals surface area contributed by atoms with E-state index in [2.05, 4.69) is 104 Å². The fourth-order valence-corrected chi connectivity index (χ4v) is 8.22. The highest BCUT2D eigenvalue weighted by atomic mass is 35.5. The lowest BCUT2D eigenvalue weighted by Gasteiger charge is -2.20. The monoisotopic (exact) mass is 830 g/mol. The summed E-state index contributed by atoms with van der Waals surface area (Å²) in [5.74, 6) is 0.843. The summed E-state index contributed by atoms with van der Waals surface area (Å²) in [5.41, 5.74) is 14.8. The number of hydrogen-bond acceptors (Lipinski definition) is 4. The van der Waals surface area contributed by atoms with Gasteiger partial charge >= 0.3 is 0 Å². The molecule has 0 spiro atoms. The second kappa shape index (κ2) is 19.7. The van der Waals surface area contributed by atoms with Crippen LogP contribution < -0.4 is 10.1 Å². The Morgan fingerprint density at radius 1 is 0.966 bits per heavy atom. The third-order valence-corrected chi connectivity index (χ3v) is 11.7. The fraction of sp³-hybridized carbons (Fsp3) is 0.320. The van der Waals surface area contributed by atoms with E-state index in [1.165, 1.54) is 22.2 Å². The van der Waals surface area contributed by atoms with Gasteiger partial charge in [-0.05, 0) is 126 Å². The lowest BCUT2D eigenvalue weighted by atomic mass is 9.97. The van der Waals surface area contributed by atoms with E-state index in [9.17, 15) is 0 Å². The van der Waals surface area contributed by atoms with Crippen molar-refractivity contribution >= 4 is 56.4 Å². The van der Waals surface area contributed by atoms with Crippen LogP contribution in [0.3, 0.4) is 0 Å². The molecule has 7 nitrogen and oxygen atoms in total. The molecule has 9 heteroatoms. The summed E-state index contributed by atoms with van der Waals surface area (Å²) in [6.45, 7) is 27.0. The number of rotatable bonds is 12. The first kappa shape index (κ1) is 44.9. The number of nitrogens with zero attached hydrogens (tertiary/aromatic N) is 5. The Labute approximate surface area is 361 Å². The normalized spacial score (nSPS) is 11.5. The Morgan fingerprint density at radius 3 is 2.27 bits per heavy atom. The Hall–Kier alpha value is -5.24. The van der Waals surface area contributed by atoms with Crippen molar-refractivity contribution in [2.24, 2.45) is 14.1 Å². The van der Waals surface area contributed by atoms with Gasteiger partial charge in [0.2, 0.25) is 0 Å². The maximum Gasteiger partial charge on any atom is 0.119 e. The predicted molar refractivity (Wildman–Crippen MR) is 254 cm³/mol. The molecule has 7 rings (SSSR count). The molecule has 0 aliphatic rings. The molecule has 0 saturated heterocycles. The molecule has 0 radical (unpaired) electrons. The van der Waals surface area contributed by atoms with E-state index >= 15 is 0 Å². The number of aromatic nitrogens is 5. The van der Waals surface area contributed by atoms with Crippen LogP contribution in [0.25, 0.3) is 49.9 Å². The van der Waals surface area contributed by atoms with Gasteiger partial charge in [0.25, 0.3) is 0 Å². The second-order valence-electron chi connectivity index (χ2n) is 14.9. The van der Waals surface area contributed by atoms with Crippen LogP contribution in [0.15, 0.2) is 92.4 Å². The van der Waals surface area contributed by atoms with E-state index in [1.54, 1.807) is 12.3 Å². The Bertz CT molecular complexity index is 2570. The first-order chi connectivity index (χ1) is 28.3. The SMILES string of the molecule is C=C(Nc1cccnc1)c1ccc2c(c1)c(-c1c(CCCOc3cc(C)c(Cl)c(C)c3)c3ccc(Cl)c(-c4c(C)nn(C)c4C)c3n1[C@H](C)CC)cn2C.C=CC.CC. The fourth-order valence-electron chi connectivity index (χ4n) is 7.87. The zero-order valence-electron chi connectivity index (χ0n) is 36.7. The van der Waals surface area contributed by atoms with E-state index in [4.69, 9.17) is 33.0 Å². The predicted octanol–water partition coefficient (Wildman–Crippen LogP) is 14.4. The van der Waals surface area contributed by atoms with Gasteiger partial charge in [0.15, 0.2) is 0 Å². The van der Waals surface area contributed by atoms with Crippen LogP contribution in [0, 0.1) is 27.7 Å². The summed E-state index contributed by atoms with van der Waals surface area (Å²) in [6.07, 6.45) is 10.2. The zero-order chi connectivity index (χ0) is 43.1. The molecule has 7 aromatic rings. The van der Waals surface area contributed by atoms with Crippen LogP contribution in [-0.2, 0) is 20.5 Å². The van der Waals surface area contributed by atoms with Gasteiger partial charge < -0.3 is 19.2 Å². The van der Waals surface area contributed by atoms with Crippen LogP contribution in [0.4, 0.5) is 5.69 Å². The molecule has 4 heterocycles. The minimum Gasteiger partial charge on any atom is -0.494 e. The van der Waals surface area contributed by atoms with Crippen LogP contribution >= 0.6 is 23.2 Å². The van der Waals surface area contributed by atoms with Crippen molar-refractivity contribution in [2.75, 3.05) is 11.9 Å². The molecule has 3 aromatic carbocycles. The van der Waals surface area contributed by atoms with Crippen LogP contribution in [-0.4, -0.2) is 30.5 Å². The van der Waals surface area contributed by atoms with E-state index in [0.717, 1.165) is 102 Å². The molecule has 0 saturated carbocycles. The summed E-state index contributed by atoms with van der Waals surface area (Å²) in [7, 11) is 4.12. The molecule has 0 aliphatic heterocycles. The van der Waals surface area contributed by atoms with Crippen molar-refractivity contribution in [3.05, 3.63) is 136 Å². The minimum absolute atomic E-state index is 0.169. The molecule has 310 valence electrons. The summed E-state index contributed by atoms with van der Waals surface area (Å²) < 4.78 is 13.1. The number of halogens is 2. The number of fused-ring (bicyclic) bond motifs is 2. The van der Waals surface area contributed by atoms with Gasteiger partial charge in [-0.2, -0.15) is 5.10 Å². The highest BCUT2D eigenvalue weighted by molar-refractivity contribution is 6.35. The molecule has 0 amide bonds. The van der Waals surface area contributed by atoms with Crippen LogP contribution in [0.5, 0.6) is 5.75 Å². The van der Waals surface area contributed by atoms with Crippen LogP contribution in [0.1, 0.15) is 87.1 Å². The number of benzene rings is 3. The molecule has 1 atom stereocenters. The standard InChI is InChI=1S/C45H48Cl2N6O.C3H6.C2H6/c1-10-28(4)53-44(38-25-51(8)40-18-15-32(23-37(38)40)29(5)49-33-13-11-19-48-24-33)35(14-12-20-54-34-21-26(2)43(47)27(3)22-34)36-16-17-39(46)42(45(36)53)41-30(6)50-52(9)31(41)7;1-3-2;1-2/h11,13,15-19,21-25,28,49H,5,10,12,14,20H2,1-4,6-9H3;3H,1H2,2H3;1-2H3/t28-;;/m1../s1. The van der Waals surface area contributed by atoms with Gasteiger partial charge in [-0.15, -0.1) is 6.58 Å². The smallest absolute Gasteiger partial charge is 0.119 e. The molecule has 4 aromatic heterocycles. The summed E-state index contributed by atoms with van der Waals surface area (Å²) >= 11 is 13.7. The maximum atomic E-state index is 7.27. The molecule has 0 aliphatic carbocycles. The van der Waals surface area contributed by atoms with E-state index < -0.39 is 0 Å². The quantitative estimate of drug-likeness (QED) is 0.0984. The number of ether oxygens (including phenoxy) is 1. The van der Waals surface area contributed by atoms with Crippen LogP contribution in [0.2, 0.25) is 10.0 Å². The third-order valence-electron chi connectivity index (χ3n) is 10.8. The lowest BCUT2D eigenvalue weighted by molar-refractivity contribution is 0.311. The Kier molecular flexibility index (Phi) is 15.0. The number of pyridine rings is 1. The first-order valence-electron chi connectivity index (χ1n) is 20.6. The van der Waals surface area contributed by atoms with Gasteiger partial charge in [-0.25, -0.2) is 0 Å². The van der Waals surface area contributed by atoms with Gasteiger partial charge in [0.05, 0.1) is 40.4 Å². The van der Waals surface area contributed by atoms with Crippen molar-refractivity contribution in [3.8, 4) is 28.1 Å². The van der Waals surface area contributed by atoms with Gasteiger partial charge in [0.1, 0.15) is 5.75 Å². The highest BCUT2D eigenvalue weighted by Gasteiger charge is 2.29. The van der Waals surface area contributed by atoms with E-state index in [1.807, 2.05) is 76.8 Å². The molecule has 59 heavy (non-hydrogen) atoms. The first-order valence-corrected chi connectivity index (χ1v) is 21.3. The number of hydrogen-bond donors (Lipinski definition) is 1. The number of anilines is 1. The third kappa shape index (κ3) is 9.17. The van der Waals surface area contributed by atoms with Crippen molar-refractivity contribution in [2.45, 2.75) is 87.6 Å². The van der Waals surface area contributed by atoms with Crippen molar-refractivity contribution < 1.29 is 4.74 Å². The lowest BCUT2D eigenvalue weighted by Crippen LogP contribution is -2.08. The maximum absolute atomic E-state index is 7.27. The molecule has 1 N–H and O–H groups in total. The van der Waals surface area contributed by atoms with Gasteiger partial charge in [-0.3, -0.25) is 9.67 Å². The molecule has 0 bridgehead atoms. The van der Waals surface area contributed by atoms with Crippen molar-refractivity contribution in [1.29, 1.82) is 0 Å². The van der Waals surface area contributed by atoms with E-state index in [-0.39, 0.29) is 6.04 Å². The number of allylic oxidation sites excluding steroid dienone is 1. The largest absolute Gasteiger partial charge is 0.494 e. The van der Waals surface area contributed by atoms with Crippen molar-refractivity contribution in [1.82, 2.24) is 23.9 Å². The topological polar surface area (TPSA) is 61.8 Å². The minimum atomic E-state index is 0.169. The summed E-state index contributed by atoms with van der Waals surface area (Å²) in [6, 6.07) is 19.0. The molecule has 0 unspecified atom stereocenters. The van der Waals surface area contributed by atoms with Crippen molar-refractivity contribution in [3.63, 3.8) is 0 Å². The average Bonchev–Trinajstić information content (AvgIpc) is 3.82. The number of nitrogens with one attached hydrogen (secondary N) is 1. The second-order valence-corrected chi connectivity index (χ2v) is 15.7. The summed E-state index contributed by atoms with van der Waals surface area (Å²) in [4.78, 5) is 4.27.